The van der Waals surface area contributed by atoms with Crippen molar-refractivity contribution in [2.45, 2.75) is 57.5 Å². The lowest BCUT2D eigenvalue weighted by atomic mass is 9.98. The predicted octanol–water partition coefficient (Wildman–Crippen LogP) is 4.06. The Labute approximate surface area is 188 Å². The summed E-state index contributed by atoms with van der Waals surface area (Å²) in [5, 5.41) is 14.3. The Bertz CT molecular complexity index is 929. The summed E-state index contributed by atoms with van der Waals surface area (Å²) in [5.74, 6) is -1.19. The van der Waals surface area contributed by atoms with E-state index in [9.17, 15) is 14.4 Å². The van der Waals surface area contributed by atoms with Crippen LogP contribution in [0.2, 0.25) is 0 Å². The van der Waals surface area contributed by atoms with E-state index >= 15 is 0 Å². The molecule has 0 saturated heterocycles. The largest absolute Gasteiger partial charge is 0.481 e. The summed E-state index contributed by atoms with van der Waals surface area (Å²) in [6, 6.07) is 15.7. The summed E-state index contributed by atoms with van der Waals surface area (Å²) in [7, 11) is 0. The first-order chi connectivity index (χ1) is 15.4. The molecule has 170 valence electrons. The van der Waals surface area contributed by atoms with Crippen molar-refractivity contribution in [3.05, 3.63) is 59.7 Å². The number of alkyl carbamates (subject to hydrolysis) is 1. The number of benzene rings is 2. The number of carbonyl (C=O) groups is 3. The number of nitrogens with one attached hydrogen (secondary N) is 2. The number of carboxylic acid groups (broad SMARTS) is 1. The zero-order valence-electron chi connectivity index (χ0n) is 18.5. The van der Waals surface area contributed by atoms with Gasteiger partial charge in [-0.05, 0) is 42.0 Å². The van der Waals surface area contributed by atoms with E-state index in [0.29, 0.717) is 12.8 Å². The molecule has 0 aliphatic heterocycles. The molecule has 2 amide bonds. The van der Waals surface area contributed by atoms with Crippen molar-refractivity contribution in [1.82, 2.24) is 10.6 Å². The van der Waals surface area contributed by atoms with Gasteiger partial charge in [0, 0.05) is 24.4 Å². The minimum Gasteiger partial charge on any atom is -0.481 e. The molecule has 3 rings (SSSR count). The molecule has 0 heterocycles. The van der Waals surface area contributed by atoms with Crippen LogP contribution in [0.3, 0.4) is 0 Å². The molecule has 0 fully saturated rings. The molecule has 7 nitrogen and oxygen atoms in total. The maximum atomic E-state index is 12.4. The maximum absolute atomic E-state index is 12.4. The molecule has 1 unspecified atom stereocenters. The van der Waals surface area contributed by atoms with Crippen LogP contribution in [0.15, 0.2) is 48.5 Å². The van der Waals surface area contributed by atoms with E-state index in [1.54, 1.807) is 6.92 Å². The van der Waals surface area contributed by atoms with Gasteiger partial charge < -0.3 is 20.5 Å². The van der Waals surface area contributed by atoms with Gasteiger partial charge in [-0.3, -0.25) is 9.59 Å². The fourth-order valence-corrected chi connectivity index (χ4v) is 4.15. The van der Waals surface area contributed by atoms with Crippen LogP contribution in [0.25, 0.3) is 11.1 Å². The van der Waals surface area contributed by atoms with E-state index in [1.807, 2.05) is 31.2 Å². The average molecular weight is 439 g/mol. The summed E-state index contributed by atoms with van der Waals surface area (Å²) in [4.78, 5) is 35.2. The third-order valence-corrected chi connectivity index (χ3v) is 5.77. The lowest BCUT2D eigenvalue weighted by molar-refractivity contribution is -0.137. The first-order valence-corrected chi connectivity index (χ1v) is 11.0. The zero-order chi connectivity index (χ0) is 23.1. The van der Waals surface area contributed by atoms with E-state index in [2.05, 4.69) is 34.9 Å². The Kier molecular flexibility index (Phi) is 7.87. The van der Waals surface area contributed by atoms with E-state index in [-0.39, 0.29) is 37.3 Å². The van der Waals surface area contributed by atoms with Crippen molar-refractivity contribution in [3.8, 4) is 11.1 Å². The molecule has 2 atom stereocenters. The summed E-state index contributed by atoms with van der Waals surface area (Å²) in [6.45, 7) is 3.82. The molecule has 7 heteroatoms. The number of aliphatic carboxylic acids is 1. The van der Waals surface area contributed by atoms with Crippen LogP contribution in [0, 0.1) is 0 Å². The predicted molar refractivity (Wildman–Crippen MR) is 121 cm³/mol. The number of amides is 2. The molecule has 0 saturated carbocycles. The first-order valence-electron chi connectivity index (χ1n) is 11.0. The molecule has 2 aromatic rings. The van der Waals surface area contributed by atoms with Crippen molar-refractivity contribution in [3.63, 3.8) is 0 Å². The van der Waals surface area contributed by atoms with Gasteiger partial charge in [0.1, 0.15) is 6.61 Å². The zero-order valence-corrected chi connectivity index (χ0v) is 18.5. The second-order valence-electron chi connectivity index (χ2n) is 8.18. The lowest BCUT2D eigenvalue weighted by Gasteiger charge is -2.19. The highest BCUT2D eigenvalue weighted by molar-refractivity contribution is 5.79. The molecule has 0 bridgehead atoms. The van der Waals surface area contributed by atoms with Crippen molar-refractivity contribution < 1.29 is 24.2 Å². The second kappa shape index (κ2) is 10.8. The Morgan fingerprint density at radius 1 is 1.00 bits per heavy atom. The standard InChI is InChI=1S/C25H30N2O5/c1-3-17(12-13-23(28)26-16(2)14-24(29)30)27-25(31)32-15-22-20-10-6-4-8-18(20)19-9-5-7-11-21(19)22/h4-11,16-17,22H,3,12-15H2,1-2H3,(H,26,28)(H,27,31)(H,29,30)/t16-,17?/m1/s1. The number of rotatable bonds is 10. The van der Waals surface area contributed by atoms with Crippen LogP contribution in [0.1, 0.15) is 56.6 Å². The van der Waals surface area contributed by atoms with Crippen LogP contribution in [0.4, 0.5) is 4.79 Å². The van der Waals surface area contributed by atoms with Crippen LogP contribution < -0.4 is 10.6 Å². The smallest absolute Gasteiger partial charge is 0.407 e. The van der Waals surface area contributed by atoms with Crippen molar-refractivity contribution in [2.75, 3.05) is 6.61 Å². The van der Waals surface area contributed by atoms with Gasteiger partial charge in [-0.25, -0.2) is 4.79 Å². The second-order valence-corrected chi connectivity index (χ2v) is 8.18. The Morgan fingerprint density at radius 3 is 2.16 bits per heavy atom. The summed E-state index contributed by atoms with van der Waals surface area (Å²) < 4.78 is 5.57. The molecule has 0 spiro atoms. The maximum Gasteiger partial charge on any atom is 0.407 e. The highest BCUT2D eigenvalue weighted by Crippen LogP contribution is 2.44. The molecular weight excluding hydrogens is 408 g/mol. The third kappa shape index (κ3) is 5.87. The van der Waals surface area contributed by atoms with Crippen LogP contribution >= 0.6 is 0 Å². The molecule has 1 aliphatic rings. The van der Waals surface area contributed by atoms with Gasteiger partial charge in [0.2, 0.25) is 5.91 Å². The van der Waals surface area contributed by atoms with Gasteiger partial charge in [0.05, 0.1) is 6.42 Å². The highest BCUT2D eigenvalue weighted by Gasteiger charge is 2.29. The molecule has 3 N–H and O–H groups in total. The SMILES string of the molecule is CCC(CCC(=O)N[C@H](C)CC(=O)O)NC(=O)OCC1c2ccccc2-c2ccccc21. The van der Waals surface area contributed by atoms with Crippen molar-refractivity contribution >= 4 is 18.0 Å². The van der Waals surface area contributed by atoms with Gasteiger partial charge in [-0.2, -0.15) is 0 Å². The van der Waals surface area contributed by atoms with E-state index in [0.717, 1.165) is 11.1 Å². The van der Waals surface area contributed by atoms with E-state index in [4.69, 9.17) is 9.84 Å². The highest BCUT2D eigenvalue weighted by atomic mass is 16.5. The summed E-state index contributed by atoms with van der Waals surface area (Å²) >= 11 is 0. The van der Waals surface area contributed by atoms with Gasteiger partial charge >= 0.3 is 12.1 Å². The van der Waals surface area contributed by atoms with Crippen molar-refractivity contribution in [1.29, 1.82) is 0 Å². The van der Waals surface area contributed by atoms with E-state index < -0.39 is 18.1 Å². The first kappa shape index (κ1) is 23.3. The van der Waals surface area contributed by atoms with E-state index in [1.165, 1.54) is 11.1 Å². The van der Waals surface area contributed by atoms with Crippen molar-refractivity contribution in [2.24, 2.45) is 0 Å². The van der Waals surface area contributed by atoms with Gasteiger partial charge in [-0.15, -0.1) is 0 Å². The number of hydrogen-bond donors (Lipinski definition) is 3. The fraction of sp³-hybridized carbons (Fsp3) is 0.400. The molecule has 1 aliphatic carbocycles. The topological polar surface area (TPSA) is 105 Å². The minimum atomic E-state index is -0.957. The molecular formula is C25H30N2O5. The number of carboxylic acids is 1. The Morgan fingerprint density at radius 2 is 1.59 bits per heavy atom. The Hall–Kier alpha value is -3.35. The number of hydrogen-bond acceptors (Lipinski definition) is 4. The monoisotopic (exact) mass is 438 g/mol. The third-order valence-electron chi connectivity index (χ3n) is 5.77. The van der Waals surface area contributed by atoms with Crippen LogP contribution in [-0.2, 0) is 14.3 Å². The number of carbonyl (C=O) groups excluding carboxylic acids is 2. The van der Waals surface area contributed by atoms with Gasteiger partial charge in [0.15, 0.2) is 0 Å². The number of fused-ring (bicyclic) bond motifs is 3. The Balaban J connectivity index is 1.50. The summed E-state index contributed by atoms with van der Waals surface area (Å²) in [6.07, 6.45) is 0.681. The normalized spacial score (nSPS) is 14.1. The molecule has 32 heavy (non-hydrogen) atoms. The fourth-order valence-electron chi connectivity index (χ4n) is 4.15. The number of ether oxygens (including phenoxy) is 1. The quantitative estimate of drug-likeness (QED) is 0.519. The average Bonchev–Trinajstić information content (AvgIpc) is 3.08. The molecule has 2 aromatic carbocycles. The molecule has 0 aromatic heterocycles. The molecule has 0 radical (unpaired) electrons. The minimum absolute atomic E-state index is 0.00488. The lowest BCUT2D eigenvalue weighted by Crippen LogP contribution is -2.38. The summed E-state index contributed by atoms with van der Waals surface area (Å²) in [5.41, 5.74) is 4.65. The van der Waals surface area contributed by atoms with Crippen LogP contribution in [0.5, 0.6) is 0 Å². The van der Waals surface area contributed by atoms with Crippen LogP contribution in [-0.4, -0.2) is 41.8 Å². The van der Waals surface area contributed by atoms with Gasteiger partial charge in [-0.1, -0.05) is 55.5 Å². The van der Waals surface area contributed by atoms with Gasteiger partial charge in [0.25, 0.3) is 0 Å².